The van der Waals surface area contributed by atoms with E-state index in [1.54, 1.807) is 18.3 Å². The molecule has 122 valence electrons. The standard InChI is InChI=1S/C17H17Cl3N2O/c1-10(23-17-5-3-12(18)7-22-17)13-8-21-9-14(13)11-2-4-15(19)16(20)6-11/h2-7,10,13-14,21H,8-9H2,1H3/t10-,13?,14+/m1/s1. The zero-order valence-electron chi connectivity index (χ0n) is 12.6. The Morgan fingerprint density at radius 2 is 1.96 bits per heavy atom. The van der Waals surface area contributed by atoms with Crippen LogP contribution in [0, 0.1) is 5.92 Å². The van der Waals surface area contributed by atoms with Crippen molar-refractivity contribution in [3.63, 3.8) is 0 Å². The average Bonchev–Trinajstić information content (AvgIpc) is 3.02. The molecule has 1 N–H and O–H groups in total. The Bertz CT molecular complexity index is 678. The minimum absolute atomic E-state index is 0.0122. The van der Waals surface area contributed by atoms with E-state index in [0.29, 0.717) is 32.8 Å². The lowest BCUT2D eigenvalue weighted by Crippen LogP contribution is -2.29. The predicted molar refractivity (Wildman–Crippen MR) is 94.9 cm³/mol. The summed E-state index contributed by atoms with van der Waals surface area (Å²) in [6, 6.07) is 9.39. The molecular weight excluding hydrogens is 355 g/mol. The zero-order chi connectivity index (χ0) is 16.4. The number of pyridine rings is 1. The van der Waals surface area contributed by atoms with Gasteiger partial charge in [0.05, 0.1) is 15.1 Å². The number of hydrogen-bond acceptors (Lipinski definition) is 3. The minimum atomic E-state index is 0.0122. The van der Waals surface area contributed by atoms with Crippen LogP contribution in [0.15, 0.2) is 36.5 Å². The molecule has 0 amide bonds. The van der Waals surface area contributed by atoms with Gasteiger partial charge in [-0.1, -0.05) is 40.9 Å². The lowest BCUT2D eigenvalue weighted by Gasteiger charge is -2.26. The van der Waals surface area contributed by atoms with Crippen molar-refractivity contribution >= 4 is 34.8 Å². The van der Waals surface area contributed by atoms with Gasteiger partial charge in [-0.25, -0.2) is 4.98 Å². The first-order valence-electron chi connectivity index (χ1n) is 7.48. The van der Waals surface area contributed by atoms with Crippen LogP contribution in [0.25, 0.3) is 0 Å². The molecule has 0 aliphatic carbocycles. The van der Waals surface area contributed by atoms with Crippen molar-refractivity contribution < 1.29 is 4.74 Å². The molecule has 0 spiro atoms. The van der Waals surface area contributed by atoms with Crippen LogP contribution in [0.2, 0.25) is 15.1 Å². The largest absolute Gasteiger partial charge is 0.474 e. The number of aromatic nitrogens is 1. The van der Waals surface area contributed by atoms with Crippen LogP contribution < -0.4 is 10.1 Å². The highest BCUT2D eigenvalue weighted by Gasteiger charge is 2.34. The van der Waals surface area contributed by atoms with E-state index in [1.807, 2.05) is 18.2 Å². The molecular formula is C17H17Cl3N2O. The monoisotopic (exact) mass is 370 g/mol. The third-order valence-electron chi connectivity index (χ3n) is 4.24. The summed E-state index contributed by atoms with van der Waals surface area (Å²) in [6.07, 6.45) is 1.60. The van der Waals surface area contributed by atoms with Crippen molar-refractivity contribution in [1.29, 1.82) is 0 Å². The van der Waals surface area contributed by atoms with E-state index >= 15 is 0 Å². The molecule has 1 unspecified atom stereocenters. The highest BCUT2D eigenvalue weighted by atomic mass is 35.5. The fourth-order valence-corrected chi connectivity index (χ4v) is 3.43. The Balaban J connectivity index is 1.75. The Morgan fingerprint density at radius 1 is 1.13 bits per heavy atom. The molecule has 1 fully saturated rings. The van der Waals surface area contributed by atoms with E-state index in [1.165, 1.54) is 5.56 Å². The fraction of sp³-hybridized carbons (Fsp3) is 0.353. The van der Waals surface area contributed by atoms with E-state index in [9.17, 15) is 0 Å². The Morgan fingerprint density at radius 3 is 2.65 bits per heavy atom. The van der Waals surface area contributed by atoms with Gasteiger partial charge in [0.15, 0.2) is 0 Å². The van der Waals surface area contributed by atoms with Gasteiger partial charge in [0.25, 0.3) is 0 Å². The molecule has 6 heteroatoms. The second kappa shape index (κ2) is 7.27. The molecule has 1 aromatic carbocycles. The molecule has 1 aromatic heterocycles. The number of halogens is 3. The first-order chi connectivity index (χ1) is 11.0. The minimum Gasteiger partial charge on any atom is -0.474 e. The van der Waals surface area contributed by atoms with Crippen molar-refractivity contribution in [3.05, 3.63) is 57.2 Å². The lowest BCUT2D eigenvalue weighted by molar-refractivity contribution is 0.145. The number of ether oxygens (including phenoxy) is 1. The summed E-state index contributed by atoms with van der Waals surface area (Å²) in [5.74, 6) is 1.23. The Labute approximate surface area is 150 Å². The maximum absolute atomic E-state index is 6.16. The van der Waals surface area contributed by atoms with Crippen LogP contribution in [-0.2, 0) is 0 Å². The van der Waals surface area contributed by atoms with Crippen molar-refractivity contribution in [2.75, 3.05) is 13.1 Å². The normalized spacial score (nSPS) is 22.1. The third-order valence-corrected chi connectivity index (χ3v) is 5.21. The number of nitrogens with zero attached hydrogens (tertiary/aromatic N) is 1. The first-order valence-corrected chi connectivity index (χ1v) is 8.62. The van der Waals surface area contributed by atoms with Crippen LogP contribution in [-0.4, -0.2) is 24.2 Å². The van der Waals surface area contributed by atoms with E-state index in [2.05, 4.69) is 17.2 Å². The number of rotatable bonds is 4. The lowest BCUT2D eigenvalue weighted by atomic mass is 9.86. The predicted octanol–water partition coefficient (Wildman–Crippen LogP) is 4.81. The number of hydrogen-bond donors (Lipinski definition) is 1. The molecule has 2 heterocycles. The summed E-state index contributed by atoms with van der Waals surface area (Å²) in [5, 5.41) is 5.19. The van der Waals surface area contributed by atoms with Gasteiger partial charge in [0, 0.05) is 37.2 Å². The van der Waals surface area contributed by atoms with Gasteiger partial charge in [0.1, 0.15) is 6.10 Å². The van der Waals surface area contributed by atoms with Crippen molar-refractivity contribution in [2.45, 2.75) is 18.9 Å². The van der Waals surface area contributed by atoms with E-state index in [0.717, 1.165) is 13.1 Å². The summed E-state index contributed by atoms with van der Waals surface area (Å²) in [5.41, 5.74) is 1.17. The molecule has 1 aliphatic heterocycles. The fourth-order valence-electron chi connectivity index (χ4n) is 3.01. The number of benzene rings is 1. The Kier molecular flexibility index (Phi) is 5.32. The maximum Gasteiger partial charge on any atom is 0.213 e. The molecule has 3 atom stereocenters. The summed E-state index contributed by atoms with van der Waals surface area (Å²) >= 11 is 18.0. The van der Waals surface area contributed by atoms with Crippen LogP contribution in [0.4, 0.5) is 0 Å². The highest BCUT2D eigenvalue weighted by Crippen LogP contribution is 2.35. The smallest absolute Gasteiger partial charge is 0.213 e. The van der Waals surface area contributed by atoms with E-state index in [4.69, 9.17) is 39.5 Å². The van der Waals surface area contributed by atoms with Crippen molar-refractivity contribution in [1.82, 2.24) is 10.3 Å². The van der Waals surface area contributed by atoms with Gasteiger partial charge < -0.3 is 10.1 Å². The van der Waals surface area contributed by atoms with Crippen LogP contribution in [0.1, 0.15) is 18.4 Å². The first kappa shape index (κ1) is 16.8. The van der Waals surface area contributed by atoms with E-state index in [-0.39, 0.29) is 6.10 Å². The molecule has 0 bridgehead atoms. The van der Waals surface area contributed by atoms with Gasteiger partial charge in [-0.05, 0) is 30.7 Å². The SMILES string of the molecule is C[C@@H](Oc1ccc(Cl)cn1)C1CNC[C@H]1c1ccc(Cl)c(Cl)c1. The molecule has 1 aliphatic rings. The molecule has 3 rings (SSSR count). The molecule has 0 radical (unpaired) electrons. The molecule has 23 heavy (non-hydrogen) atoms. The second-order valence-corrected chi connectivity index (χ2v) is 6.99. The maximum atomic E-state index is 6.16. The topological polar surface area (TPSA) is 34.1 Å². The average molecular weight is 372 g/mol. The van der Waals surface area contributed by atoms with Crippen molar-refractivity contribution in [2.24, 2.45) is 5.92 Å². The quantitative estimate of drug-likeness (QED) is 0.837. The van der Waals surface area contributed by atoms with E-state index < -0.39 is 0 Å². The Hall–Kier alpha value is -1.000. The third kappa shape index (κ3) is 3.92. The zero-order valence-corrected chi connectivity index (χ0v) is 14.9. The van der Waals surface area contributed by atoms with Gasteiger partial charge >= 0.3 is 0 Å². The molecule has 3 nitrogen and oxygen atoms in total. The van der Waals surface area contributed by atoms with Gasteiger partial charge in [-0.15, -0.1) is 0 Å². The van der Waals surface area contributed by atoms with Crippen LogP contribution >= 0.6 is 34.8 Å². The summed E-state index contributed by atoms with van der Waals surface area (Å²) in [4.78, 5) is 4.20. The highest BCUT2D eigenvalue weighted by molar-refractivity contribution is 6.42. The van der Waals surface area contributed by atoms with Gasteiger partial charge in [0.2, 0.25) is 5.88 Å². The summed E-state index contributed by atoms with van der Waals surface area (Å²) < 4.78 is 5.99. The molecule has 1 saturated heterocycles. The summed E-state index contributed by atoms with van der Waals surface area (Å²) in [6.45, 7) is 3.85. The van der Waals surface area contributed by atoms with Crippen LogP contribution in [0.3, 0.4) is 0 Å². The van der Waals surface area contributed by atoms with Gasteiger partial charge in [-0.2, -0.15) is 0 Å². The molecule has 2 aromatic rings. The molecule has 0 saturated carbocycles. The number of nitrogens with one attached hydrogen (secondary N) is 1. The summed E-state index contributed by atoms with van der Waals surface area (Å²) in [7, 11) is 0. The second-order valence-electron chi connectivity index (χ2n) is 5.74. The van der Waals surface area contributed by atoms with Crippen LogP contribution in [0.5, 0.6) is 5.88 Å². The van der Waals surface area contributed by atoms with Gasteiger partial charge in [-0.3, -0.25) is 0 Å². The van der Waals surface area contributed by atoms with Crippen molar-refractivity contribution in [3.8, 4) is 5.88 Å².